The smallest absolute Gasteiger partial charge is 0.161 e. The van der Waals surface area contributed by atoms with Crippen molar-refractivity contribution >= 4 is 0 Å². The fraction of sp³-hybridized carbons (Fsp3) is 0.533. The number of nitrogens with one attached hydrogen (secondary N) is 1. The second-order valence-electron chi connectivity index (χ2n) is 5.19. The molecule has 1 unspecified atom stereocenters. The summed E-state index contributed by atoms with van der Waals surface area (Å²) in [5, 5.41) is 12.5. The predicted molar refractivity (Wildman–Crippen MR) is 75.5 cm³/mol. The molecule has 0 saturated heterocycles. The number of methoxy groups -OCH3 is 1. The van der Waals surface area contributed by atoms with Gasteiger partial charge in [-0.2, -0.15) is 5.26 Å². The monoisotopic (exact) mass is 262 g/mol. The van der Waals surface area contributed by atoms with Crippen LogP contribution >= 0.6 is 0 Å². The number of hydrogen-bond donors (Lipinski definition) is 1. The van der Waals surface area contributed by atoms with Crippen molar-refractivity contribution < 1.29 is 9.47 Å². The van der Waals surface area contributed by atoms with Gasteiger partial charge in [0.05, 0.1) is 13.2 Å². The van der Waals surface area contributed by atoms with E-state index in [1.807, 2.05) is 45.9 Å². The quantitative estimate of drug-likeness (QED) is 0.856. The summed E-state index contributed by atoms with van der Waals surface area (Å²) in [5.74, 6) is 1.34. The van der Waals surface area contributed by atoms with Crippen LogP contribution in [0.2, 0.25) is 0 Å². The van der Waals surface area contributed by atoms with Gasteiger partial charge in [0.1, 0.15) is 12.1 Å². The van der Waals surface area contributed by atoms with E-state index in [2.05, 4.69) is 11.4 Å². The number of aryl methyl sites for hydroxylation is 1. The third kappa shape index (κ3) is 4.46. The predicted octanol–water partition coefficient (Wildman–Crippen LogP) is 2.66. The first-order valence-electron chi connectivity index (χ1n) is 6.36. The molecule has 0 aliphatic rings. The molecule has 0 amide bonds. The Balaban J connectivity index is 2.78. The van der Waals surface area contributed by atoms with Crippen molar-refractivity contribution in [3.05, 3.63) is 23.8 Å². The second kappa shape index (κ2) is 6.44. The molecule has 0 heterocycles. The van der Waals surface area contributed by atoms with Gasteiger partial charge in [-0.3, -0.25) is 5.32 Å². The van der Waals surface area contributed by atoms with Crippen LogP contribution in [0.25, 0.3) is 0 Å². The Kier molecular flexibility index (Phi) is 5.20. The van der Waals surface area contributed by atoms with Gasteiger partial charge in [0.15, 0.2) is 11.5 Å². The van der Waals surface area contributed by atoms with Crippen molar-refractivity contribution in [2.45, 2.75) is 39.3 Å². The fourth-order valence-electron chi connectivity index (χ4n) is 1.86. The van der Waals surface area contributed by atoms with E-state index >= 15 is 0 Å². The minimum atomic E-state index is -0.718. The van der Waals surface area contributed by atoms with Crippen molar-refractivity contribution in [3.8, 4) is 17.6 Å². The first kappa shape index (κ1) is 15.3. The summed E-state index contributed by atoms with van der Waals surface area (Å²) >= 11 is 0. The summed E-state index contributed by atoms with van der Waals surface area (Å²) in [6, 6.07) is 8.20. The standard InChI is InChI=1S/C15H22N2O2/c1-11(2)17-15(4,9-16)10-19-13-7-6-12(3)8-14(13)18-5/h6-8,11,17H,10H2,1-5H3. The molecule has 1 atom stereocenters. The number of hydrogen-bond acceptors (Lipinski definition) is 4. The van der Waals surface area contributed by atoms with Gasteiger partial charge in [0.2, 0.25) is 0 Å². The van der Waals surface area contributed by atoms with Gasteiger partial charge < -0.3 is 9.47 Å². The highest BCUT2D eigenvalue weighted by atomic mass is 16.5. The topological polar surface area (TPSA) is 54.3 Å². The zero-order chi connectivity index (χ0) is 14.5. The Hall–Kier alpha value is -1.73. The first-order chi connectivity index (χ1) is 8.90. The lowest BCUT2D eigenvalue weighted by Crippen LogP contribution is -2.49. The molecule has 1 aromatic rings. The highest BCUT2D eigenvalue weighted by molar-refractivity contribution is 5.42. The summed E-state index contributed by atoms with van der Waals surface area (Å²) in [5.41, 5.74) is 0.386. The van der Waals surface area contributed by atoms with Crippen LogP contribution in [0.3, 0.4) is 0 Å². The van der Waals surface area contributed by atoms with Gasteiger partial charge in [-0.15, -0.1) is 0 Å². The molecule has 0 aliphatic heterocycles. The van der Waals surface area contributed by atoms with Crippen LogP contribution in [0.4, 0.5) is 0 Å². The lowest BCUT2D eigenvalue weighted by Gasteiger charge is -2.26. The van der Waals surface area contributed by atoms with Gasteiger partial charge in [0.25, 0.3) is 0 Å². The van der Waals surface area contributed by atoms with Crippen molar-refractivity contribution in [1.82, 2.24) is 5.32 Å². The highest BCUT2D eigenvalue weighted by Gasteiger charge is 2.26. The maximum absolute atomic E-state index is 9.26. The lowest BCUT2D eigenvalue weighted by molar-refractivity contribution is 0.217. The van der Waals surface area contributed by atoms with E-state index in [0.29, 0.717) is 11.5 Å². The number of ether oxygens (including phenoxy) is 2. The van der Waals surface area contributed by atoms with Gasteiger partial charge in [-0.1, -0.05) is 6.07 Å². The zero-order valence-corrected chi connectivity index (χ0v) is 12.3. The molecular weight excluding hydrogens is 240 g/mol. The largest absolute Gasteiger partial charge is 0.493 e. The number of rotatable bonds is 6. The van der Waals surface area contributed by atoms with E-state index in [-0.39, 0.29) is 12.6 Å². The molecule has 0 aromatic heterocycles. The summed E-state index contributed by atoms with van der Waals surface area (Å²) in [7, 11) is 1.61. The van der Waals surface area contributed by atoms with Gasteiger partial charge in [-0.05, 0) is 45.4 Å². The Labute approximate surface area is 115 Å². The van der Waals surface area contributed by atoms with E-state index in [9.17, 15) is 5.26 Å². The first-order valence-corrected chi connectivity index (χ1v) is 6.36. The fourth-order valence-corrected chi connectivity index (χ4v) is 1.86. The van der Waals surface area contributed by atoms with Crippen LogP contribution in [0.15, 0.2) is 18.2 Å². The zero-order valence-electron chi connectivity index (χ0n) is 12.3. The normalized spacial score (nSPS) is 13.7. The molecule has 0 spiro atoms. The van der Waals surface area contributed by atoms with E-state index in [4.69, 9.17) is 9.47 Å². The molecule has 0 aliphatic carbocycles. The van der Waals surface area contributed by atoms with Crippen molar-refractivity contribution in [2.75, 3.05) is 13.7 Å². The molecule has 0 fully saturated rings. The Morgan fingerprint density at radius 2 is 2.05 bits per heavy atom. The molecule has 0 radical (unpaired) electrons. The third-order valence-corrected chi connectivity index (χ3v) is 2.69. The van der Waals surface area contributed by atoms with Gasteiger partial charge in [0, 0.05) is 6.04 Å². The van der Waals surface area contributed by atoms with E-state index in [1.54, 1.807) is 7.11 Å². The minimum absolute atomic E-state index is 0.216. The van der Waals surface area contributed by atoms with Crippen molar-refractivity contribution in [1.29, 1.82) is 5.26 Å². The SMILES string of the molecule is COc1cc(C)ccc1OCC(C)(C#N)NC(C)C. The van der Waals surface area contributed by atoms with Crippen LogP contribution in [-0.4, -0.2) is 25.3 Å². The lowest BCUT2D eigenvalue weighted by atomic mass is 10.1. The average Bonchev–Trinajstić information content (AvgIpc) is 2.36. The van der Waals surface area contributed by atoms with E-state index < -0.39 is 5.54 Å². The Bertz CT molecular complexity index is 466. The van der Waals surface area contributed by atoms with Crippen LogP contribution in [-0.2, 0) is 0 Å². The molecule has 0 bridgehead atoms. The van der Waals surface area contributed by atoms with Gasteiger partial charge in [-0.25, -0.2) is 0 Å². The average molecular weight is 262 g/mol. The molecule has 104 valence electrons. The molecule has 1 aromatic carbocycles. The van der Waals surface area contributed by atoms with Crippen LogP contribution in [0, 0.1) is 18.3 Å². The molecule has 1 rings (SSSR count). The molecule has 1 N–H and O–H groups in total. The molecular formula is C15H22N2O2. The van der Waals surface area contributed by atoms with Crippen LogP contribution in [0.5, 0.6) is 11.5 Å². The van der Waals surface area contributed by atoms with E-state index in [0.717, 1.165) is 5.56 Å². The highest BCUT2D eigenvalue weighted by Crippen LogP contribution is 2.28. The maximum Gasteiger partial charge on any atom is 0.161 e. The number of nitriles is 1. The Morgan fingerprint density at radius 3 is 2.58 bits per heavy atom. The van der Waals surface area contributed by atoms with Crippen molar-refractivity contribution in [2.24, 2.45) is 0 Å². The maximum atomic E-state index is 9.26. The number of nitrogens with zero attached hydrogens (tertiary/aromatic N) is 1. The van der Waals surface area contributed by atoms with Crippen LogP contribution in [0.1, 0.15) is 26.3 Å². The summed E-state index contributed by atoms with van der Waals surface area (Å²) in [6.45, 7) is 8.09. The second-order valence-corrected chi connectivity index (χ2v) is 5.19. The summed E-state index contributed by atoms with van der Waals surface area (Å²) in [4.78, 5) is 0. The van der Waals surface area contributed by atoms with Gasteiger partial charge >= 0.3 is 0 Å². The Morgan fingerprint density at radius 1 is 1.37 bits per heavy atom. The number of benzene rings is 1. The minimum Gasteiger partial charge on any atom is -0.493 e. The summed E-state index contributed by atoms with van der Waals surface area (Å²) < 4.78 is 11.0. The molecule has 4 nitrogen and oxygen atoms in total. The molecule has 19 heavy (non-hydrogen) atoms. The molecule has 0 saturated carbocycles. The molecule has 4 heteroatoms. The van der Waals surface area contributed by atoms with E-state index in [1.165, 1.54) is 0 Å². The van der Waals surface area contributed by atoms with Crippen molar-refractivity contribution in [3.63, 3.8) is 0 Å². The summed E-state index contributed by atoms with van der Waals surface area (Å²) in [6.07, 6.45) is 0. The van der Waals surface area contributed by atoms with Crippen LogP contribution < -0.4 is 14.8 Å². The third-order valence-electron chi connectivity index (χ3n) is 2.69.